The number of hydrogen-bond acceptors (Lipinski definition) is 6. The van der Waals surface area contributed by atoms with Gasteiger partial charge in [-0.3, -0.25) is 0 Å². The van der Waals surface area contributed by atoms with Crippen LogP contribution in [0.4, 0.5) is 0 Å². The average molecular weight is 356 g/mol. The van der Waals surface area contributed by atoms with E-state index in [0.717, 1.165) is 34.0 Å². The normalized spacial score (nSPS) is 11.9. The summed E-state index contributed by atoms with van der Waals surface area (Å²) >= 11 is 0. The molecule has 0 saturated carbocycles. The number of hydrogen-bond donors (Lipinski definition) is 0. The van der Waals surface area contributed by atoms with Crippen molar-refractivity contribution in [3.8, 4) is 23.0 Å². The van der Waals surface area contributed by atoms with Crippen molar-refractivity contribution in [2.45, 2.75) is 13.8 Å². The van der Waals surface area contributed by atoms with E-state index in [1.54, 1.807) is 28.4 Å². The Kier molecular flexibility index (Phi) is 6.60. The molecule has 0 atom stereocenters. The summed E-state index contributed by atoms with van der Waals surface area (Å²) in [6.07, 6.45) is 0. The first-order valence-corrected chi connectivity index (χ1v) is 8.07. The summed E-state index contributed by atoms with van der Waals surface area (Å²) in [6.45, 7) is 3.76. The lowest BCUT2D eigenvalue weighted by Gasteiger charge is -2.10. The van der Waals surface area contributed by atoms with E-state index in [9.17, 15) is 0 Å². The van der Waals surface area contributed by atoms with Crippen LogP contribution < -0.4 is 18.9 Å². The molecule has 26 heavy (non-hydrogen) atoms. The number of rotatable bonds is 7. The Hall–Kier alpha value is -3.02. The number of ether oxygens (including phenoxy) is 4. The molecule has 6 heteroatoms. The third-order valence-electron chi connectivity index (χ3n) is 3.95. The van der Waals surface area contributed by atoms with E-state index >= 15 is 0 Å². The van der Waals surface area contributed by atoms with Crippen LogP contribution in [0.1, 0.15) is 25.0 Å². The first-order valence-electron chi connectivity index (χ1n) is 8.07. The fourth-order valence-corrected chi connectivity index (χ4v) is 2.45. The maximum absolute atomic E-state index is 5.42. The molecule has 0 fully saturated rings. The van der Waals surface area contributed by atoms with Gasteiger partial charge in [-0.05, 0) is 38.1 Å². The molecule has 2 aromatic carbocycles. The van der Waals surface area contributed by atoms with Crippen molar-refractivity contribution in [1.29, 1.82) is 0 Å². The van der Waals surface area contributed by atoms with E-state index in [2.05, 4.69) is 10.2 Å². The van der Waals surface area contributed by atoms with Crippen LogP contribution in [-0.4, -0.2) is 39.9 Å². The third-order valence-corrected chi connectivity index (χ3v) is 3.95. The molecule has 6 nitrogen and oxygen atoms in total. The second-order valence-electron chi connectivity index (χ2n) is 5.50. The highest BCUT2D eigenvalue weighted by atomic mass is 16.5. The van der Waals surface area contributed by atoms with Gasteiger partial charge in [-0.1, -0.05) is 0 Å². The Labute approximate surface area is 154 Å². The standard InChI is InChI=1S/C20H24N2O4/c1-13(17-9-7-15(23-3)11-19(17)25-5)21-22-14(2)18-10-8-16(24-4)12-20(18)26-6/h7-12H,1-6H3/b21-13+,22-14+. The molecule has 0 bridgehead atoms. The van der Waals surface area contributed by atoms with Crippen molar-refractivity contribution < 1.29 is 18.9 Å². The summed E-state index contributed by atoms with van der Waals surface area (Å²) in [4.78, 5) is 0. The second kappa shape index (κ2) is 8.89. The average Bonchev–Trinajstić information content (AvgIpc) is 2.70. The summed E-state index contributed by atoms with van der Waals surface area (Å²) in [5, 5.41) is 8.70. The minimum Gasteiger partial charge on any atom is -0.497 e. The van der Waals surface area contributed by atoms with Gasteiger partial charge in [-0.15, -0.1) is 0 Å². The van der Waals surface area contributed by atoms with E-state index in [-0.39, 0.29) is 0 Å². The zero-order valence-corrected chi connectivity index (χ0v) is 16.0. The van der Waals surface area contributed by atoms with E-state index in [4.69, 9.17) is 18.9 Å². The van der Waals surface area contributed by atoms with Crippen LogP contribution in [0.25, 0.3) is 0 Å². The van der Waals surface area contributed by atoms with Crippen molar-refractivity contribution >= 4 is 11.4 Å². The lowest BCUT2D eigenvalue weighted by Crippen LogP contribution is -2.02. The number of nitrogens with zero attached hydrogens (tertiary/aromatic N) is 2. The first kappa shape index (κ1) is 19.3. The maximum Gasteiger partial charge on any atom is 0.131 e. The smallest absolute Gasteiger partial charge is 0.131 e. The molecule has 0 radical (unpaired) electrons. The first-order chi connectivity index (χ1) is 12.5. The predicted octanol–water partition coefficient (Wildman–Crippen LogP) is 3.95. The highest BCUT2D eigenvalue weighted by Gasteiger charge is 2.10. The van der Waals surface area contributed by atoms with E-state index < -0.39 is 0 Å². The summed E-state index contributed by atoms with van der Waals surface area (Å²) < 4.78 is 21.3. The lowest BCUT2D eigenvalue weighted by atomic mass is 10.1. The van der Waals surface area contributed by atoms with Gasteiger partial charge in [0.25, 0.3) is 0 Å². The van der Waals surface area contributed by atoms with Gasteiger partial charge >= 0.3 is 0 Å². The molecule has 0 N–H and O–H groups in total. The third kappa shape index (κ3) is 4.33. The van der Waals surface area contributed by atoms with E-state index in [1.807, 2.05) is 50.2 Å². The van der Waals surface area contributed by atoms with Gasteiger partial charge in [-0.2, -0.15) is 10.2 Å². The molecule has 0 aliphatic carbocycles. The predicted molar refractivity (Wildman–Crippen MR) is 104 cm³/mol. The summed E-state index contributed by atoms with van der Waals surface area (Å²) in [5.41, 5.74) is 3.17. The highest BCUT2D eigenvalue weighted by Crippen LogP contribution is 2.26. The fourth-order valence-electron chi connectivity index (χ4n) is 2.45. The Morgan fingerprint density at radius 1 is 0.615 bits per heavy atom. The monoisotopic (exact) mass is 356 g/mol. The summed E-state index contributed by atoms with van der Waals surface area (Å²) in [6, 6.07) is 11.2. The van der Waals surface area contributed by atoms with Gasteiger partial charge in [0.15, 0.2) is 0 Å². The molecule has 2 rings (SSSR count). The van der Waals surface area contributed by atoms with Crippen LogP contribution in [0.3, 0.4) is 0 Å². The largest absolute Gasteiger partial charge is 0.497 e. The molecule has 0 aliphatic rings. The van der Waals surface area contributed by atoms with E-state index in [0.29, 0.717) is 11.5 Å². The molecule has 2 aromatic rings. The lowest BCUT2D eigenvalue weighted by molar-refractivity contribution is 0.393. The van der Waals surface area contributed by atoms with Gasteiger partial charge in [0.1, 0.15) is 23.0 Å². The SMILES string of the molecule is COc1ccc(/C(C)=N/N=C(\C)c2ccc(OC)cc2OC)c(OC)c1. The Bertz CT molecular complexity index is 759. The molecule has 0 unspecified atom stereocenters. The fraction of sp³-hybridized carbons (Fsp3) is 0.300. The molecule has 138 valence electrons. The second-order valence-corrected chi connectivity index (χ2v) is 5.50. The Balaban J connectivity index is 2.35. The van der Waals surface area contributed by atoms with Crippen molar-refractivity contribution in [3.63, 3.8) is 0 Å². The topological polar surface area (TPSA) is 61.6 Å². The Morgan fingerprint density at radius 2 is 1.00 bits per heavy atom. The van der Waals surface area contributed by atoms with Gasteiger partial charge in [0, 0.05) is 23.3 Å². The van der Waals surface area contributed by atoms with Crippen LogP contribution in [0.15, 0.2) is 46.6 Å². The van der Waals surface area contributed by atoms with Gasteiger partial charge in [0.05, 0.1) is 39.9 Å². The molecule has 0 saturated heterocycles. The number of methoxy groups -OCH3 is 4. The van der Waals surface area contributed by atoms with Crippen molar-refractivity contribution in [1.82, 2.24) is 0 Å². The minimum absolute atomic E-state index is 0.681. The van der Waals surface area contributed by atoms with Gasteiger partial charge in [0.2, 0.25) is 0 Å². The van der Waals surface area contributed by atoms with Crippen LogP contribution in [-0.2, 0) is 0 Å². The molecular formula is C20H24N2O4. The van der Waals surface area contributed by atoms with E-state index in [1.165, 1.54) is 0 Å². The number of benzene rings is 2. The zero-order chi connectivity index (χ0) is 19.1. The maximum atomic E-state index is 5.42. The van der Waals surface area contributed by atoms with Crippen molar-refractivity contribution in [3.05, 3.63) is 47.5 Å². The molecule has 0 amide bonds. The molecule has 0 spiro atoms. The van der Waals surface area contributed by atoms with Crippen LogP contribution in [0, 0.1) is 0 Å². The Morgan fingerprint density at radius 3 is 1.31 bits per heavy atom. The zero-order valence-electron chi connectivity index (χ0n) is 16.0. The van der Waals surface area contributed by atoms with Gasteiger partial charge in [-0.25, -0.2) is 0 Å². The molecular weight excluding hydrogens is 332 g/mol. The van der Waals surface area contributed by atoms with Crippen LogP contribution in [0.5, 0.6) is 23.0 Å². The van der Waals surface area contributed by atoms with Crippen LogP contribution >= 0.6 is 0 Å². The van der Waals surface area contributed by atoms with Crippen molar-refractivity contribution in [2.75, 3.05) is 28.4 Å². The van der Waals surface area contributed by atoms with Crippen molar-refractivity contribution in [2.24, 2.45) is 10.2 Å². The summed E-state index contributed by atoms with van der Waals surface area (Å²) in [7, 11) is 6.46. The highest BCUT2D eigenvalue weighted by molar-refractivity contribution is 6.04. The quantitative estimate of drug-likeness (QED) is 0.557. The molecule has 0 heterocycles. The molecule has 0 aliphatic heterocycles. The summed E-state index contributed by atoms with van der Waals surface area (Å²) in [5.74, 6) is 2.81. The molecule has 0 aromatic heterocycles. The minimum atomic E-state index is 0.681. The van der Waals surface area contributed by atoms with Crippen LogP contribution in [0.2, 0.25) is 0 Å². The van der Waals surface area contributed by atoms with Gasteiger partial charge < -0.3 is 18.9 Å².